The van der Waals surface area contributed by atoms with Crippen LogP contribution < -0.4 is 20.7 Å². The zero-order chi connectivity index (χ0) is 43.7. The molecule has 13 nitrogen and oxygen atoms in total. The Balaban J connectivity index is 0.000000357. The van der Waals surface area contributed by atoms with Crippen LogP contribution in [-0.4, -0.2) is 104 Å². The summed E-state index contributed by atoms with van der Waals surface area (Å²) in [4.78, 5) is 51.6. The van der Waals surface area contributed by atoms with Gasteiger partial charge >= 0.3 is 6.36 Å². The number of alkyl halides is 3. The summed E-state index contributed by atoms with van der Waals surface area (Å²) in [6.45, 7) is 13.5. The summed E-state index contributed by atoms with van der Waals surface area (Å²) in [5.41, 5.74) is 4.33. The Labute approximate surface area is 369 Å². The van der Waals surface area contributed by atoms with Crippen LogP contribution in [0.15, 0.2) is 71.6 Å². The standard InChI is InChI=1S/C24H27F3IN3O5S.C17H25N3O2.ClH/c1-15(2)18-6-4-17(5-7-18)13-29-23(33)21-14-30(16(3)32)10-11-31(21)37(34,35)19-8-9-22(20(28)12-19)36-24(25,26)27;1-12(2)15-6-4-14(5-7-15)10-19-17(22)16-11-20(13(3)21)9-8-18-16;/h4-9,12,15,21H,10-11,13-14H2,1-3H3,(H,29,33);4-7,12,16,18H,8-11H2,1-3H3,(H,19,22);1H/t21-;16-;/m11./s1. The lowest BCUT2D eigenvalue weighted by atomic mass is 10.0. The summed E-state index contributed by atoms with van der Waals surface area (Å²) in [5.74, 6) is -0.614. The fourth-order valence-corrected chi connectivity index (χ4v) is 8.84. The summed E-state index contributed by atoms with van der Waals surface area (Å²) in [5, 5.41) is 8.84. The van der Waals surface area contributed by atoms with Gasteiger partial charge in [0, 0.05) is 66.2 Å². The van der Waals surface area contributed by atoms with Crippen LogP contribution in [0.2, 0.25) is 0 Å². The molecule has 2 aliphatic rings. The van der Waals surface area contributed by atoms with Crippen molar-refractivity contribution < 1.29 is 45.5 Å². The van der Waals surface area contributed by atoms with E-state index in [0.29, 0.717) is 38.0 Å². The Hall–Kier alpha value is -3.98. The number of rotatable bonds is 11. The molecule has 0 saturated carbocycles. The minimum Gasteiger partial charge on any atom is -0.405 e. The van der Waals surface area contributed by atoms with Crippen LogP contribution >= 0.6 is 35.0 Å². The first kappa shape index (κ1) is 50.4. The van der Waals surface area contributed by atoms with Gasteiger partial charge in [-0.2, -0.15) is 4.31 Å². The van der Waals surface area contributed by atoms with Crippen LogP contribution in [0.3, 0.4) is 0 Å². The van der Waals surface area contributed by atoms with E-state index in [2.05, 4.69) is 60.5 Å². The SMILES string of the molecule is CC(=O)N1CCN(S(=O)(=O)c2ccc(OC(F)(F)F)c(I)c2)[C@@H](C(=O)NCc2ccc(C(C)C)cc2)C1.CC(=O)N1CCN[C@@H](C(=O)NCc2ccc(C(C)C)cc2)C1.Cl. The van der Waals surface area contributed by atoms with E-state index in [1.54, 1.807) is 27.5 Å². The van der Waals surface area contributed by atoms with E-state index in [0.717, 1.165) is 39.2 Å². The van der Waals surface area contributed by atoms with Crippen LogP contribution in [0.25, 0.3) is 0 Å². The highest BCUT2D eigenvalue weighted by atomic mass is 127. The predicted octanol–water partition coefficient (Wildman–Crippen LogP) is 5.52. The minimum absolute atomic E-state index is 0. The number of amides is 4. The average Bonchev–Trinajstić information content (AvgIpc) is 3.19. The Bertz CT molecular complexity index is 2060. The number of carbonyl (C=O) groups excluding carboxylic acids is 4. The average molecular weight is 993 g/mol. The van der Waals surface area contributed by atoms with Crippen LogP contribution in [0.5, 0.6) is 5.75 Å². The van der Waals surface area contributed by atoms with E-state index in [4.69, 9.17) is 0 Å². The predicted molar refractivity (Wildman–Crippen MR) is 232 cm³/mol. The van der Waals surface area contributed by atoms with E-state index in [9.17, 15) is 40.8 Å². The highest BCUT2D eigenvalue weighted by Gasteiger charge is 2.41. The molecule has 2 aliphatic heterocycles. The van der Waals surface area contributed by atoms with Gasteiger partial charge in [0.2, 0.25) is 33.7 Å². The Morgan fingerprint density at radius 2 is 1.28 bits per heavy atom. The molecule has 330 valence electrons. The second-order valence-corrected chi connectivity index (χ2v) is 18.0. The molecule has 3 aromatic carbocycles. The fraction of sp³-hybridized carbons (Fsp3) is 0.463. The van der Waals surface area contributed by atoms with Crippen molar-refractivity contribution in [3.8, 4) is 5.75 Å². The van der Waals surface area contributed by atoms with Gasteiger partial charge in [-0.05, 0) is 74.9 Å². The molecule has 4 amide bonds. The molecule has 0 aliphatic carbocycles. The summed E-state index contributed by atoms with van der Waals surface area (Å²) in [7, 11) is -4.29. The quantitative estimate of drug-likeness (QED) is 0.212. The molecular weight excluding hydrogens is 940 g/mol. The highest BCUT2D eigenvalue weighted by molar-refractivity contribution is 14.1. The first-order valence-electron chi connectivity index (χ1n) is 19.2. The van der Waals surface area contributed by atoms with E-state index in [-0.39, 0.29) is 70.8 Å². The second-order valence-electron chi connectivity index (χ2n) is 14.9. The monoisotopic (exact) mass is 992 g/mol. The van der Waals surface area contributed by atoms with Crippen molar-refractivity contribution in [2.24, 2.45) is 0 Å². The van der Waals surface area contributed by atoms with Gasteiger partial charge in [-0.3, -0.25) is 19.2 Å². The molecule has 19 heteroatoms. The maximum atomic E-state index is 13.5. The number of hydrogen-bond donors (Lipinski definition) is 3. The molecular formula is C41H53ClF3IN6O7S. The smallest absolute Gasteiger partial charge is 0.405 e. The summed E-state index contributed by atoms with van der Waals surface area (Å²) in [6.07, 6.45) is -4.93. The number of nitrogens with one attached hydrogen (secondary N) is 3. The Kier molecular flexibility index (Phi) is 18.6. The normalized spacial score (nSPS) is 17.3. The molecule has 60 heavy (non-hydrogen) atoms. The first-order chi connectivity index (χ1) is 27.7. The lowest BCUT2D eigenvalue weighted by Crippen LogP contribution is -2.61. The van der Waals surface area contributed by atoms with Crippen molar-refractivity contribution in [2.45, 2.75) is 89.8 Å². The zero-order valence-corrected chi connectivity index (χ0v) is 38.1. The van der Waals surface area contributed by atoms with Gasteiger partial charge in [0.1, 0.15) is 17.8 Å². The van der Waals surface area contributed by atoms with Crippen molar-refractivity contribution in [3.63, 3.8) is 0 Å². The van der Waals surface area contributed by atoms with Crippen LogP contribution in [0.1, 0.15) is 75.6 Å². The molecule has 5 rings (SSSR count). The van der Waals surface area contributed by atoms with Crippen molar-refractivity contribution in [3.05, 3.63) is 92.6 Å². The molecule has 2 heterocycles. The third-order valence-electron chi connectivity index (χ3n) is 9.98. The molecule has 0 spiro atoms. The molecule has 2 saturated heterocycles. The van der Waals surface area contributed by atoms with Gasteiger partial charge in [0.25, 0.3) is 0 Å². The first-order valence-corrected chi connectivity index (χ1v) is 21.7. The van der Waals surface area contributed by atoms with Crippen molar-refractivity contribution in [1.29, 1.82) is 0 Å². The lowest BCUT2D eigenvalue weighted by Gasteiger charge is -2.39. The minimum atomic E-state index is -4.93. The number of halogens is 5. The Morgan fingerprint density at radius 1 is 0.783 bits per heavy atom. The number of sulfonamides is 1. The van der Waals surface area contributed by atoms with E-state index in [1.165, 1.54) is 24.3 Å². The van der Waals surface area contributed by atoms with Crippen molar-refractivity contribution in [2.75, 3.05) is 39.3 Å². The Morgan fingerprint density at radius 3 is 1.75 bits per heavy atom. The topological polar surface area (TPSA) is 157 Å². The molecule has 0 radical (unpaired) electrons. The third-order valence-corrected chi connectivity index (χ3v) is 12.7. The van der Waals surface area contributed by atoms with Gasteiger partial charge in [0.05, 0.1) is 8.47 Å². The fourth-order valence-electron chi connectivity index (χ4n) is 6.41. The van der Waals surface area contributed by atoms with Gasteiger partial charge in [-0.15, -0.1) is 25.6 Å². The number of carbonyl (C=O) groups is 4. The summed E-state index contributed by atoms with van der Waals surface area (Å²) < 4.78 is 69.6. The van der Waals surface area contributed by atoms with E-state index >= 15 is 0 Å². The van der Waals surface area contributed by atoms with Crippen LogP contribution in [0.4, 0.5) is 13.2 Å². The maximum Gasteiger partial charge on any atom is 0.573 e. The zero-order valence-electron chi connectivity index (χ0n) is 34.3. The largest absolute Gasteiger partial charge is 0.573 e. The molecule has 0 unspecified atom stereocenters. The summed E-state index contributed by atoms with van der Waals surface area (Å²) in [6, 6.07) is 17.4. The third kappa shape index (κ3) is 14.3. The molecule has 2 atom stereocenters. The van der Waals surface area contributed by atoms with Gasteiger partial charge in [-0.1, -0.05) is 76.2 Å². The number of hydrogen-bond acceptors (Lipinski definition) is 8. The lowest BCUT2D eigenvalue weighted by molar-refractivity contribution is -0.275. The van der Waals surface area contributed by atoms with Gasteiger partial charge < -0.3 is 30.5 Å². The van der Waals surface area contributed by atoms with Crippen LogP contribution in [0, 0.1) is 3.57 Å². The van der Waals surface area contributed by atoms with E-state index in [1.807, 2.05) is 36.4 Å². The van der Waals surface area contributed by atoms with E-state index < -0.39 is 34.1 Å². The number of piperazine rings is 2. The van der Waals surface area contributed by atoms with Crippen molar-refractivity contribution in [1.82, 2.24) is 30.1 Å². The number of ether oxygens (including phenoxy) is 1. The van der Waals surface area contributed by atoms with Gasteiger partial charge in [-0.25, -0.2) is 8.42 Å². The van der Waals surface area contributed by atoms with Crippen LogP contribution in [-0.2, 0) is 42.3 Å². The van der Waals surface area contributed by atoms with Crippen molar-refractivity contribution >= 4 is 68.6 Å². The molecule has 0 bridgehead atoms. The van der Waals surface area contributed by atoms with Gasteiger partial charge in [0.15, 0.2) is 0 Å². The molecule has 0 aromatic heterocycles. The molecule has 3 aromatic rings. The molecule has 2 fully saturated rings. The number of benzene rings is 3. The summed E-state index contributed by atoms with van der Waals surface area (Å²) >= 11 is 1.55. The molecule has 3 N–H and O–H groups in total. The maximum absolute atomic E-state index is 13.5. The second kappa shape index (κ2) is 22.2. The highest BCUT2D eigenvalue weighted by Crippen LogP contribution is 2.31. The number of nitrogens with zero attached hydrogens (tertiary/aromatic N) is 3.